The maximum atomic E-state index is 11.8. The number of rotatable bonds is 5. The molecule has 0 aliphatic heterocycles. The summed E-state index contributed by atoms with van der Waals surface area (Å²) in [6.45, 7) is 8.19. The van der Waals surface area contributed by atoms with Crippen LogP contribution in [0, 0.1) is 5.41 Å². The number of ketones is 1. The second kappa shape index (κ2) is 6.21. The Morgan fingerprint density at radius 3 is 2.50 bits per heavy atom. The zero-order chi connectivity index (χ0) is 14.6. The summed E-state index contributed by atoms with van der Waals surface area (Å²) in [6.07, 6.45) is 7.59. The fourth-order valence-electron chi connectivity index (χ4n) is 3.21. The smallest absolute Gasteiger partial charge is 0.131 e. The maximum absolute atomic E-state index is 11.8. The van der Waals surface area contributed by atoms with Crippen LogP contribution in [0.2, 0.25) is 0 Å². The van der Waals surface area contributed by atoms with E-state index in [0.717, 1.165) is 24.0 Å². The highest BCUT2D eigenvalue weighted by Crippen LogP contribution is 2.46. The summed E-state index contributed by atoms with van der Waals surface area (Å²) in [5, 5.41) is 0. The van der Waals surface area contributed by atoms with E-state index in [1.807, 2.05) is 18.2 Å². The van der Waals surface area contributed by atoms with E-state index in [2.05, 4.69) is 31.7 Å². The SMILES string of the molecule is C=C(c1ccccc1)[C@@](C)(CC(C)=O)C1=CCCCC1. The fourth-order valence-corrected chi connectivity index (χ4v) is 3.21. The molecule has 1 aliphatic rings. The molecule has 1 heteroatoms. The minimum absolute atomic E-state index is 0.229. The van der Waals surface area contributed by atoms with Crippen molar-refractivity contribution in [2.24, 2.45) is 5.41 Å². The lowest BCUT2D eigenvalue weighted by Crippen LogP contribution is -2.25. The third-order valence-electron chi connectivity index (χ3n) is 4.39. The van der Waals surface area contributed by atoms with Gasteiger partial charge in [0.15, 0.2) is 0 Å². The van der Waals surface area contributed by atoms with E-state index in [4.69, 9.17) is 0 Å². The predicted octanol–water partition coefficient (Wildman–Crippen LogP) is 5.19. The highest BCUT2D eigenvalue weighted by Gasteiger charge is 2.34. The van der Waals surface area contributed by atoms with Gasteiger partial charge in [-0.15, -0.1) is 0 Å². The van der Waals surface area contributed by atoms with E-state index in [-0.39, 0.29) is 11.2 Å². The highest BCUT2D eigenvalue weighted by molar-refractivity contribution is 5.82. The van der Waals surface area contributed by atoms with E-state index in [0.29, 0.717) is 6.42 Å². The molecular weight excluding hydrogens is 244 g/mol. The Morgan fingerprint density at radius 1 is 1.25 bits per heavy atom. The van der Waals surface area contributed by atoms with Crippen LogP contribution in [0.3, 0.4) is 0 Å². The lowest BCUT2D eigenvalue weighted by molar-refractivity contribution is -0.118. The largest absolute Gasteiger partial charge is 0.300 e. The summed E-state index contributed by atoms with van der Waals surface area (Å²) < 4.78 is 0. The van der Waals surface area contributed by atoms with Crippen molar-refractivity contribution in [1.29, 1.82) is 0 Å². The second-order valence-corrected chi connectivity index (χ2v) is 6.03. The summed E-state index contributed by atoms with van der Waals surface area (Å²) in [6, 6.07) is 10.3. The average molecular weight is 268 g/mol. The molecule has 0 spiro atoms. The molecule has 0 N–H and O–H groups in total. The number of hydrogen-bond acceptors (Lipinski definition) is 1. The molecule has 0 saturated carbocycles. The maximum Gasteiger partial charge on any atom is 0.131 e. The van der Waals surface area contributed by atoms with Gasteiger partial charge < -0.3 is 0 Å². The van der Waals surface area contributed by atoms with Gasteiger partial charge in [-0.05, 0) is 43.7 Å². The van der Waals surface area contributed by atoms with E-state index in [9.17, 15) is 4.79 Å². The molecule has 0 bridgehead atoms. The quantitative estimate of drug-likeness (QED) is 0.672. The molecule has 106 valence electrons. The Kier molecular flexibility index (Phi) is 4.59. The zero-order valence-corrected chi connectivity index (χ0v) is 12.6. The molecule has 0 radical (unpaired) electrons. The highest BCUT2D eigenvalue weighted by atomic mass is 16.1. The van der Waals surface area contributed by atoms with Gasteiger partial charge in [0.25, 0.3) is 0 Å². The van der Waals surface area contributed by atoms with Crippen LogP contribution >= 0.6 is 0 Å². The van der Waals surface area contributed by atoms with E-state index in [1.54, 1.807) is 6.92 Å². The molecule has 1 atom stereocenters. The van der Waals surface area contributed by atoms with Crippen LogP contribution in [0.1, 0.15) is 51.5 Å². The van der Waals surface area contributed by atoms with E-state index >= 15 is 0 Å². The summed E-state index contributed by atoms with van der Waals surface area (Å²) in [5.41, 5.74) is 3.38. The number of benzene rings is 1. The molecule has 20 heavy (non-hydrogen) atoms. The molecule has 1 aromatic carbocycles. The van der Waals surface area contributed by atoms with Gasteiger partial charge in [-0.2, -0.15) is 0 Å². The summed E-state index contributed by atoms with van der Waals surface area (Å²) in [7, 11) is 0. The van der Waals surface area contributed by atoms with Gasteiger partial charge in [-0.1, -0.05) is 55.5 Å². The Hall–Kier alpha value is -1.63. The van der Waals surface area contributed by atoms with Crippen molar-refractivity contribution in [3.63, 3.8) is 0 Å². The van der Waals surface area contributed by atoms with Gasteiger partial charge in [-0.3, -0.25) is 4.79 Å². The molecule has 1 nitrogen and oxygen atoms in total. The van der Waals surface area contributed by atoms with Crippen LogP contribution in [0.15, 0.2) is 48.6 Å². The van der Waals surface area contributed by atoms with Crippen LogP contribution in [-0.4, -0.2) is 5.78 Å². The molecule has 0 saturated heterocycles. The minimum Gasteiger partial charge on any atom is -0.300 e. The first-order valence-electron chi connectivity index (χ1n) is 7.48. The van der Waals surface area contributed by atoms with Crippen molar-refractivity contribution < 1.29 is 4.79 Å². The van der Waals surface area contributed by atoms with Crippen molar-refractivity contribution in [1.82, 2.24) is 0 Å². The van der Waals surface area contributed by atoms with E-state index in [1.165, 1.54) is 18.4 Å². The number of hydrogen-bond donors (Lipinski definition) is 0. The molecule has 2 rings (SSSR count). The predicted molar refractivity (Wildman–Crippen MR) is 85.4 cm³/mol. The van der Waals surface area contributed by atoms with Crippen molar-refractivity contribution in [2.75, 3.05) is 0 Å². The number of allylic oxidation sites excluding steroid dienone is 3. The molecule has 0 amide bonds. The van der Waals surface area contributed by atoms with Crippen LogP contribution < -0.4 is 0 Å². The summed E-state index contributed by atoms with van der Waals surface area (Å²) >= 11 is 0. The Labute approximate surface area is 122 Å². The second-order valence-electron chi connectivity index (χ2n) is 6.03. The topological polar surface area (TPSA) is 17.1 Å². The van der Waals surface area contributed by atoms with Crippen LogP contribution in [-0.2, 0) is 4.79 Å². The first kappa shape index (κ1) is 14.8. The molecule has 1 aromatic rings. The van der Waals surface area contributed by atoms with Crippen molar-refractivity contribution in [3.05, 3.63) is 54.1 Å². The normalized spacial score (nSPS) is 18.0. The van der Waals surface area contributed by atoms with Gasteiger partial charge in [0.05, 0.1) is 0 Å². The molecule has 0 heterocycles. The average Bonchev–Trinajstić information content (AvgIpc) is 2.47. The van der Waals surface area contributed by atoms with Gasteiger partial charge in [0, 0.05) is 11.8 Å². The third-order valence-corrected chi connectivity index (χ3v) is 4.39. The Balaban J connectivity index is 2.38. The van der Waals surface area contributed by atoms with E-state index < -0.39 is 0 Å². The van der Waals surface area contributed by atoms with Crippen molar-refractivity contribution >= 4 is 11.4 Å². The van der Waals surface area contributed by atoms with Crippen LogP contribution in [0.4, 0.5) is 0 Å². The fraction of sp³-hybridized carbons (Fsp3) is 0.421. The summed E-state index contributed by atoms with van der Waals surface area (Å²) in [5.74, 6) is 0.232. The van der Waals surface area contributed by atoms with Gasteiger partial charge in [0.2, 0.25) is 0 Å². The third kappa shape index (κ3) is 3.09. The van der Waals surface area contributed by atoms with Gasteiger partial charge >= 0.3 is 0 Å². The summed E-state index contributed by atoms with van der Waals surface area (Å²) in [4.78, 5) is 11.8. The van der Waals surface area contributed by atoms with Crippen LogP contribution in [0.25, 0.3) is 5.57 Å². The van der Waals surface area contributed by atoms with Crippen molar-refractivity contribution in [3.8, 4) is 0 Å². The first-order chi connectivity index (χ1) is 9.54. The molecular formula is C19H24O. The van der Waals surface area contributed by atoms with Gasteiger partial charge in [-0.25, -0.2) is 0 Å². The molecule has 0 unspecified atom stereocenters. The molecule has 0 fully saturated rings. The Morgan fingerprint density at radius 2 is 1.95 bits per heavy atom. The standard InChI is InChI=1S/C19H24O/c1-15(20)14-19(3,18-12-8-5-9-13-18)16(2)17-10-6-4-7-11-17/h4,6-7,10-12H,2,5,8-9,13-14H2,1,3H3/t19-/m1/s1. The Bertz CT molecular complexity index is 524. The number of carbonyl (C=O) groups excluding carboxylic acids is 1. The number of Topliss-reactive ketones (excluding diaryl/α,β-unsaturated/α-hetero) is 1. The first-order valence-corrected chi connectivity index (χ1v) is 7.48. The zero-order valence-electron chi connectivity index (χ0n) is 12.6. The van der Waals surface area contributed by atoms with Crippen LogP contribution in [0.5, 0.6) is 0 Å². The molecule has 1 aliphatic carbocycles. The molecule has 0 aromatic heterocycles. The lowest BCUT2D eigenvalue weighted by Gasteiger charge is -2.36. The van der Waals surface area contributed by atoms with Gasteiger partial charge in [0.1, 0.15) is 5.78 Å². The lowest BCUT2D eigenvalue weighted by atomic mass is 9.67. The minimum atomic E-state index is -0.229. The van der Waals surface area contributed by atoms with Crippen molar-refractivity contribution in [2.45, 2.75) is 46.0 Å². The monoisotopic (exact) mass is 268 g/mol. The number of carbonyl (C=O) groups is 1.